The molecule has 2 N–H and O–H groups in total. The molecule has 0 aliphatic heterocycles. The Hall–Kier alpha value is -6.14. The number of hydrogen-bond donors (Lipinski definition) is 2. The number of aromatic nitrogens is 4. The van der Waals surface area contributed by atoms with Crippen molar-refractivity contribution in [2.24, 2.45) is 0 Å². The third-order valence-electron chi connectivity index (χ3n) is 10.2. The zero-order valence-electron chi connectivity index (χ0n) is 34.6. The molecule has 0 amide bonds. The highest BCUT2D eigenvalue weighted by Gasteiger charge is 2.17. The average Bonchev–Trinajstić information content (AvgIpc) is 3.25. The van der Waals surface area contributed by atoms with Gasteiger partial charge < -0.3 is 20.1 Å². The van der Waals surface area contributed by atoms with Gasteiger partial charge in [0.05, 0.1) is 37.0 Å². The van der Waals surface area contributed by atoms with Gasteiger partial charge in [-0.05, 0) is 148 Å². The van der Waals surface area contributed by atoms with Crippen molar-refractivity contribution in [2.45, 2.75) is 66.4 Å². The summed E-state index contributed by atoms with van der Waals surface area (Å²) in [6.45, 7) is 10.0. The molecule has 9 nitrogen and oxygen atoms in total. The van der Waals surface area contributed by atoms with Crippen molar-refractivity contribution in [3.63, 3.8) is 0 Å². The monoisotopic (exact) mass is 829 g/mol. The zero-order chi connectivity index (χ0) is 41.6. The minimum absolute atomic E-state index is 0.274. The molecule has 0 fully saturated rings. The van der Waals surface area contributed by atoms with Crippen LogP contribution in [0.5, 0.6) is 11.5 Å². The third kappa shape index (κ3) is 9.66. The van der Waals surface area contributed by atoms with Gasteiger partial charge in [-0.2, -0.15) is 0 Å². The Balaban J connectivity index is 1.10. The SMILES string of the molecule is COc1ccc(Sc2ccc(CN(Cc3ccc(Sc4ccc(OC)cc4)c(Nc4ccnc5nc(C)ccc45)c3)C(C)C)cc2Nc2ccnc3nc(C)ccc23)cc1. The van der Waals surface area contributed by atoms with E-state index in [1.807, 2.05) is 74.8 Å². The molecule has 4 heterocycles. The minimum Gasteiger partial charge on any atom is -0.497 e. The molecule has 8 rings (SSSR count). The van der Waals surface area contributed by atoms with Crippen molar-refractivity contribution >= 4 is 68.3 Å². The van der Waals surface area contributed by atoms with E-state index in [1.54, 1.807) is 37.7 Å². The fourth-order valence-electron chi connectivity index (χ4n) is 6.91. The fourth-order valence-corrected chi connectivity index (χ4v) is 8.68. The van der Waals surface area contributed by atoms with Crippen LogP contribution in [0, 0.1) is 13.8 Å². The standard InChI is InChI=1S/C49H47N7O2S2/c1-31(2)56(29-34-9-21-46(59-38-15-11-36(57-5)12-16-38)44(27-34)54-42-23-25-50-48-40(42)19-7-32(3)52-48)30-35-10-22-47(60-39-17-13-37(58-6)14-18-39)45(28-35)55-43-24-26-51-49-41(43)20-8-33(4)53-49/h7-28,31H,29-30H2,1-6H3,(H,50,52,54)(H,51,53,55). The van der Waals surface area contributed by atoms with E-state index >= 15 is 0 Å². The molecular weight excluding hydrogens is 783 g/mol. The third-order valence-corrected chi connectivity index (χ3v) is 12.4. The fraction of sp³-hybridized carbons (Fsp3) is 0.184. The summed E-state index contributed by atoms with van der Waals surface area (Å²) in [5.41, 5.74) is 9.68. The Morgan fingerprint density at radius 3 is 1.37 bits per heavy atom. The van der Waals surface area contributed by atoms with E-state index in [1.165, 1.54) is 11.1 Å². The van der Waals surface area contributed by atoms with Crippen LogP contribution < -0.4 is 20.1 Å². The molecular formula is C49H47N7O2S2. The van der Waals surface area contributed by atoms with Crippen LogP contribution in [0.25, 0.3) is 22.1 Å². The van der Waals surface area contributed by atoms with Crippen molar-refractivity contribution < 1.29 is 9.47 Å². The summed E-state index contributed by atoms with van der Waals surface area (Å²) in [5, 5.41) is 9.51. The Kier molecular flexibility index (Phi) is 12.5. The molecule has 0 aliphatic carbocycles. The smallest absolute Gasteiger partial charge is 0.161 e. The van der Waals surface area contributed by atoms with E-state index in [2.05, 4.69) is 122 Å². The van der Waals surface area contributed by atoms with Crippen molar-refractivity contribution in [3.8, 4) is 11.5 Å². The predicted octanol–water partition coefficient (Wildman–Crippen LogP) is 12.4. The quantitative estimate of drug-likeness (QED) is 0.103. The lowest BCUT2D eigenvalue weighted by atomic mass is 10.1. The summed E-state index contributed by atoms with van der Waals surface area (Å²) in [4.78, 5) is 25.5. The predicted molar refractivity (Wildman–Crippen MR) is 247 cm³/mol. The van der Waals surface area contributed by atoms with Crippen molar-refractivity contribution in [1.82, 2.24) is 24.8 Å². The Labute approximate surface area is 360 Å². The number of ether oxygens (including phenoxy) is 2. The van der Waals surface area contributed by atoms with Crippen LogP contribution in [0.15, 0.2) is 153 Å². The maximum Gasteiger partial charge on any atom is 0.161 e. The van der Waals surface area contributed by atoms with Crippen molar-refractivity contribution in [2.75, 3.05) is 24.9 Å². The number of benzene rings is 4. The second-order valence-corrected chi connectivity index (χ2v) is 17.1. The molecule has 0 spiro atoms. The number of fused-ring (bicyclic) bond motifs is 2. The molecule has 0 saturated carbocycles. The molecule has 8 aromatic rings. The van der Waals surface area contributed by atoms with Crippen molar-refractivity contribution in [3.05, 3.63) is 156 Å². The topological polar surface area (TPSA) is 97.3 Å². The molecule has 0 aliphatic rings. The van der Waals surface area contributed by atoms with Crippen LogP contribution in [0.4, 0.5) is 22.7 Å². The lowest BCUT2D eigenvalue weighted by Gasteiger charge is -2.28. The minimum atomic E-state index is 0.274. The molecule has 4 aromatic carbocycles. The Morgan fingerprint density at radius 2 is 0.967 bits per heavy atom. The summed E-state index contributed by atoms with van der Waals surface area (Å²) in [6.07, 6.45) is 3.63. The van der Waals surface area contributed by atoms with E-state index in [9.17, 15) is 0 Å². The zero-order valence-corrected chi connectivity index (χ0v) is 36.2. The van der Waals surface area contributed by atoms with Gasteiger partial charge in [0.1, 0.15) is 11.5 Å². The van der Waals surface area contributed by atoms with E-state index in [0.29, 0.717) is 0 Å². The first-order chi connectivity index (χ1) is 29.2. The molecule has 4 aromatic heterocycles. The molecule has 0 radical (unpaired) electrons. The number of nitrogens with one attached hydrogen (secondary N) is 2. The number of methoxy groups -OCH3 is 2. The van der Waals surface area contributed by atoms with Crippen LogP contribution >= 0.6 is 23.5 Å². The average molecular weight is 830 g/mol. The summed E-state index contributed by atoms with van der Waals surface area (Å²) >= 11 is 3.44. The highest BCUT2D eigenvalue weighted by Crippen LogP contribution is 2.40. The second kappa shape index (κ2) is 18.4. The maximum absolute atomic E-state index is 5.42. The van der Waals surface area contributed by atoms with Gasteiger partial charge in [-0.3, -0.25) is 4.90 Å². The van der Waals surface area contributed by atoms with E-state index < -0.39 is 0 Å². The van der Waals surface area contributed by atoms with Gasteiger partial charge in [-0.15, -0.1) is 0 Å². The lowest BCUT2D eigenvalue weighted by molar-refractivity contribution is 0.203. The van der Waals surface area contributed by atoms with E-state index in [4.69, 9.17) is 9.47 Å². The van der Waals surface area contributed by atoms with Gasteiger partial charge in [0, 0.05) is 73.3 Å². The summed E-state index contributed by atoms with van der Waals surface area (Å²) in [6, 6.07) is 42.4. The molecule has 302 valence electrons. The van der Waals surface area contributed by atoms with Crippen molar-refractivity contribution in [1.29, 1.82) is 0 Å². The highest BCUT2D eigenvalue weighted by atomic mass is 32.2. The van der Waals surface area contributed by atoms with Gasteiger partial charge in [0.2, 0.25) is 0 Å². The largest absolute Gasteiger partial charge is 0.497 e. The van der Waals surface area contributed by atoms with Crippen LogP contribution in [-0.2, 0) is 13.1 Å². The normalized spacial score (nSPS) is 11.4. The van der Waals surface area contributed by atoms with Gasteiger partial charge in [0.15, 0.2) is 11.3 Å². The first-order valence-electron chi connectivity index (χ1n) is 19.8. The first kappa shape index (κ1) is 40.6. The van der Waals surface area contributed by atoms with Crippen LogP contribution in [-0.4, -0.2) is 45.1 Å². The number of anilines is 4. The number of nitrogens with zero attached hydrogens (tertiary/aromatic N) is 5. The van der Waals surface area contributed by atoms with E-state index in [-0.39, 0.29) is 6.04 Å². The van der Waals surface area contributed by atoms with Gasteiger partial charge in [-0.25, -0.2) is 19.9 Å². The van der Waals surface area contributed by atoms with Crippen LogP contribution in [0.1, 0.15) is 36.4 Å². The number of pyridine rings is 4. The van der Waals surface area contributed by atoms with Crippen LogP contribution in [0.3, 0.4) is 0 Å². The summed E-state index contributed by atoms with van der Waals surface area (Å²) in [5.74, 6) is 1.67. The second-order valence-electron chi connectivity index (χ2n) is 14.8. The molecule has 0 bridgehead atoms. The number of hydrogen-bond acceptors (Lipinski definition) is 11. The first-order valence-corrected chi connectivity index (χ1v) is 21.5. The van der Waals surface area contributed by atoms with Crippen LogP contribution in [0.2, 0.25) is 0 Å². The molecule has 60 heavy (non-hydrogen) atoms. The summed E-state index contributed by atoms with van der Waals surface area (Å²) in [7, 11) is 3.38. The molecule has 11 heteroatoms. The van der Waals surface area contributed by atoms with Gasteiger partial charge in [0.25, 0.3) is 0 Å². The highest BCUT2D eigenvalue weighted by molar-refractivity contribution is 7.99. The number of aryl methyl sites for hydroxylation is 2. The van der Waals surface area contributed by atoms with Gasteiger partial charge in [-0.1, -0.05) is 35.7 Å². The van der Waals surface area contributed by atoms with E-state index in [0.717, 1.165) is 100 Å². The van der Waals surface area contributed by atoms with Gasteiger partial charge >= 0.3 is 0 Å². The molecule has 0 unspecified atom stereocenters. The summed E-state index contributed by atoms with van der Waals surface area (Å²) < 4.78 is 10.8. The molecule has 0 atom stereocenters. The molecule has 0 saturated heterocycles. The Morgan fingerprint density at radius 1 is 0.533 bits per heavy atom. The maximum atomic E-state index is 5.42. The Bertz CT molecular complexity index is 2580. The lowest BCUT2D eigenvalue weighted by Crippen LogP contribution is -2.29. The number of rotatable bonds is 15.